The van der Waals surface area contributed by atoms with Crippen LogP contribution in [0.3, 0.4) is 0 Å². The van der Waals surface area contributed by atoms with Gasteiger partial charge in [-0.1, -0.05) is 29.5 Å². The zero-order valence-electron chi connectivity index (χ0n) is 16.4. The number of ether oxygens (including phenoxy) is 2. The third-order valence-electron chi connectivity index (χ3n) is 5.79. The standard InChI is InChI=1S/C23H22FN3O3/c24-18-4-2-17(3-5-18)19-7-10-30-21-13-16(1-6-20(19)21)14-27-15-22(25-26-27)23(28)8-11-29-12-9-23/h1-7,10,13,15,19,28H,8-9,11-12,14H2. The smallest absolute Gasteiger partial charge is 0.130 e. The van der Waals surface area contributed by atoms with Crippen LogP contribution in [-0.4, -0.2) is 33.3 Å². The van der Waals surface area contributed by atoms with Gasteiger partial charge in [-0.15, -0.1) is 5.10 Å². The predicted octanol–water partition coefficient (Wildman–Crippen LogP) is 3.50. The molecule has 3 aromatic rings. The number of aliphatic hydroxyl groups is 1. The Morgan fingerprint density at radius 2 is 1.93 bits per heavy atom. The molecule has 1 unspecified atom stereocenters. The van der Waals surface area contributed by atoms with E-state index in [-0.39, 0.29) is 11.7 Å². The van der Waals surface area contributed by atoms with Gasteiger partial charge in [-0.2, -0.15) is 0 Å². The second kappa shape index (κ2) is 7.66. The number of nitrogens with zero attached hydrogens (tertiary/aromatic N) is 3. The van der Waals surface area contributed by atoms with E-state index in [1.807, 2.05) is 24.3 Å². The molecule has 0 bridgehead atoms. The number of aromatic nitrogens is 3. The number of benzene rings is 2. The summed E-state index contributed by atoms with van der Waals surface area (Å²) < 4.78 is 26.1. The molecule has 3 heterocycles. The molecule has 0 radical (unpaired) electrons. The van der Waals surface area contributed by atoms with Crippen LogP contribution in [0.1, 0.15) is 41.1 Å². The van der Waals surface area contributed by atoms with Gasteiger partial charge in [-0.3, -0.25) is 0 Å². The van der Waals surface area contributed by atoms with E-state index >= 15 is 0 Å². The molecular weight excluding hydrogens is 385 g/mol. The van der Waals surface area contributed by atoms with Crippen molar-refractivity contribution in [3.05, 3.63) is 89.2 Å². The Kier molecular flexibility index (Phi) is 4.84. The largest absolute Gasteiger partial charge is 0.465 e. The summed E-state index contributed by atoms with van der Waals surface area (Å²) in [5.41, 5.74) is 2.67. The predicted molar refractivity (Wildman–Crippen MR) is 108 cm³/mol. The van der Waals surface area contributed by atoms with Gasteiger partial charge in [-0.25, -0.2) is 9.07 Å². The normalized spacial score (nSPS) is 19.9. The number of allylic oxidation sites excluding steroid dienone is 1. The van der Waals surface area contributed by atoms with Crippen molar-refractivity contribution in [1.82, 2.24) is 15.0 Å². The molecule has 6 nitrogen and oxygen atoms in total. The maximum Gasteiger partial charge on any atom is 0.130 e. The van der Waals surface area contributed by atoms with Crippen LogP contribution < -0.4 is 4.74 Å². The Bertz CT molecular complexity index is 1070. The lowest BCUT2D eigenvalue weighted by molar-refractivity contribution is -0.0706. The number of hydrogen-bond acceptors (Lipinski definition) is 5. The van der Waals surface area contributed by atoms with E-state index in [2.05, 4.69) is 10.3 Å². The van der Waals surface area contributed by atoms with E-state index < -0.39 is 5.60 Å². The molecular formula is C23H22FN3O3. The van der Waals surface area contributed by atoms with E-state index in [1.165, 1.54) is 12.1 Å². The van der Waals surface area contributed by atoms with Crippen LogP contribution >= 0.6 is 0 Å². The zero-order valence-corrected chi connectivity index (χ0v) is 16.4. The van der Waals surface area contributed by atoms with Crippen molar-refractivity contribution in [2.45, 2.75) is 30.9 Å². The topological polar surface area (TPSA) is 69.4 Å². The molecule has 0 aliphatic carbocycles. The summed E-state index contributed by atoms with van der Waals surface area (Å²) >= 11 is 0. The summed E-state index contributed by atoms with van der Waals surface area (Å²) in [4.78, 5) is 0. The van der Waals surface area contributed by atoms with Gasteiger partial charge in [0.15, 0.2) is 0 Å². The van der Waals surface area contributed by atoms with Crippen LogP contribution in [0.5, 0.6) is 5.75 Å². The third kappa shape index (κ3) is 3.62. The van der Waals surface area contributed by atoms with Crippen LogP contribution in [0.15, 0.2) is 61.0 Å². The molecule has 1 N–H and O–H groups in total. The Hall–Kier alpha value is -3.03. The fraction of sp³-hybridized carbons (Fsp3) is 0.304. The van der Waals surface area contributed by atoms with Crippen molar-refractivity contribution in [3.8, 4) is 5.75 Å². The fourth-order valence-corrected chi connectivity index (χ4v) is 4.03. The molecule has 2 aliphatic heterocycles. The average molecular weight is 407 g/mol. The van der Waals surface area contributed by atoms with E-state index in [1.54, 1.807) is 29.3 Å². The highest BCUT2D eigenvalue weighted by Crippen LogP contribution is 2.37. The van der Waals surface area contributed by atoms with Gasteiger partial charge < -0.3 is 14.6 Å². The summed E-state index contributed by atoms with van der Waals surface area (Å²) in [6, 6.07) is 12.6. The Labute approximate surface area is 173 Å². The minimum Gasteiger partial charge on any atom is -0.465 e. The third-order valence-corrected chi connectivity index (χ3v) is 5.79. The minimum absolute atomic E-state index is 0.0177. The minimum atomic E-state index is -0.970. The van der Waals surface area contributed by atoms with Gasteiger partial charge >= 0.3 is 0 Å². The summed E-state index contributed by atoms with van der Waals surface area (Å²) in [6.07, 6.45) is 6.49. The molecule has 7 heteroatoms. The van der Waals surface area contributed by atoms with E-state index in [0.29, 0.717) is 38.3 Å². The monoisotopic (exact) mass is 407 g/mol. The molecule has 2 aromatic carbocycles. The first-order chi connectivity index (χ1) is 14.6. The highest BCUT2D eigenvalue weighted by atomic mass is 19.1. The van der Waals surface area contributed by atoms with Gasteiger partial charge in [0.1, 0.15) is 22.9 Å². The maximum absolute atomic E-state index is 13.3. The highest BCUT2D eigenvalue weighted by molar-refractivity contribution is 5.49. The van der Waals surface area contributed by atoms with Crippen LogP contribution in [-0.2, 0) is 16.9 Å². The van der Waals surface area contributed by atoms with Crippen LogP contribution in [0.25, 0.3) is 0 Å². The summed E-state index contributed by atoms with van der Waals surface area (Å²) in [5, 5.41) is 19.2. The lowest BCUT2D eigenvalue weighted by Gasteiger charge is -2.29. The molecule has 0 amide bonds. The summed E-state index contributed by atoms with van der Waals surface area (Å²) in [5.74, 6) is 0.542. The first kappa shape index (κ1) is 19.0. The summed E-state index contributed by atoms with van der Waals surface area (Å²) in [7, 11) is 0. The molecule has 0 spiro atoms. The maximum atomic E-state index is 13.3. The van der Waals surface area contributed by atoms with Crippen molar-refractivity contribution in [3.63, 3.8) is 0 Å². The molecule has 1 saturated heterocycles. The zero-order chi connectivity index (χ0) is 20.6. The quantitative estimate of drug-likeness (QED) is 0.717. The van der Waals surface area contributed by atoms with E-state index in [0.717, 1.165) is 22.4 Å². The molecule has 1 fully saturated rings. The number of hydrogen-bond donors (Lipinski definition) is 1. The van der Waals surface area contributed by atoms with Crippen molar-refractivity contribution < 1.29 is 19.0 Å². The molecule has 1 aromatic heterocycles. The van der Waals surface area contributed by atoms with Crippen LogP contribution in [0.2, 0.25) is 0 Å². The molecule has 0 saturated carbocycles. The second-order valence-electron chi connectivity index (χ2n) is 7.79. The molecule has 1 atom stereocenters. The Morgan fingerprint density at radius 1 is 1.13 bits per heavy atom. The van der Waals surface area contributed by atoms with Gasteiger partial charge in [0, 0.05) is 37.5 Å². The van der Waals surface area contributed by atoms with Crippen LogP contribution in [0, 0.1) is 5.82 Å². The lowest BCUT2D eigenvalue weighted by atomic mass is 9.89. The molecule has 154 valence electrons. The number of rotatable bonds is 4. The first-order valence-electron chi connectivity index (χ1n) is 10.0. The first-order valence-corrected chi connectivity index (χ1v) is 10.0. The summed E-state index contributed by atoms with van der Waals surface area (Å²) in [6.45, 7) is 1.56. The van der Waals surface area contributed by atoms with Gasteiger partial charge in [0.25, 0.3) is 0 Å². The van der Waals surface area contributed by atoms with Gasteiger partial charge in [0.05, 0.1) is 19.0 Å². The number of fused-ring (bicyclic) bond motifs is 1. The molecule has 5 rings (SSSR count). The number of halogens is 1. The van der Waals surface area contributed by atoms with E-state index in [9.17, 15) is 9.50 Å². The lowest BCUT2D eigenvalue weighted by Crippen LogP contribution is -2.33. The van der Waals surface area contributed by atoms with Crippen molar-refractivity contribution in [2.75, 3.05) is 13.2 Å². The van der Waals surface area contributed by atoms with Crippen molar-refractivity contribution in [2.24, 2.45) is 0 Å². The van der Waals surface area contributed by atoms with Gasteiger partial charge in [0.2, 0.25) is 0 Å². The van der Waals surface area contributed by atoms with Crippen LogP contribution in [0.4, 0.5) is 4.39 Å². The van der Waals surface area contributed by atoms with Crippen molar-refractivity contribution in [1.29, 1.82) is 0 Å². The Balaban J connectivity index is 1.36. The SMILES string of the molecule is OC1(c2cn(Cc3ccc4c(c3)OC=CC4c3ccc(F)cc3)nn2)CCOCC1. The van der Waals surface area contributed by atoms with Crippen molar-refractivity contribution >= 4 is 0 Å². The fourth-order valence-electron chi connectivity index (χ4n) is 4.03. The molecule has 2 aliphatic rings. The Morgan fingerprint density at radius 3 is 2.73 bits per heavy atom. The van der Waals surface area contributed by atoms with Gasteiger partial charge in [-0.05, 0) is 35.4 Å². The second-order valence-corrected chi connectivity index (χ2v) is 7.79. The van der Waals surface area contributed by atoms with E-state index in [4.69, 9.17) is 9.47 Å². The molecule has 30 heavy (non-hydrogen) atoms. The highest BCUT2D eigenvalue weighted by Gasteiger charge is 2.34. The average Bonchev–Trinajstić information content (AvgIpc) is 3.24.